The van der Waals surface area contributed by atoms with Crippen LogP contribution >= 0.6 is 0 Å². The van der Waals surface area contributed by atoms with Crippen molar-refractivity contribution >= 4 is 11.9 Å². The standard InChI is InChI=1S/C72H135NO5/c1-3-5-7-9-11-13-15-17-19-32-36-40-44-48-52-56-60-64-70(75)69(68-74)73-71(76)65-61-57-53-49-45-41-37-34-30-28-26-24-22-21-23-25-27-29-31-35-39-43-47-51-55-59-63-67-78-72(77)66-62-58-54-50-46-42-38-33-20-18-16-14-12-10-8-6-4-2/h12,14,18,20-22,60,64,69-70,74-75H,3-11,13,15-17,19,23-59,61-63,65-68H2,1-2H3,(H,73,76)/b14-12-,20-18-,22-21-,64-60+. The summed E-state index contributed by atoms with van der Waals surface area (Å²) in [6, 6.07) is -0.629. The van der Waals surface area contributed by atoms with Crippen molar-refractivity contribution in [2.24, 2.45) is 0 Å². The van der Waals surface area contributed by atoms with Gasteiger partial charge in [-0.05, 0) is 89.9 Å². The number of rotatable bonds is 65. The third kappa shape index (κ3) is 63.0. The molecule has 0 rings (SSSR count). The van der Waals surface area contributed by atoms with E-state index >= 15 is 0 Å². The number of allylic oxidation sites excluding steroid dienone is 7. The number of esters is 1. The van der Waals surface area contributed by atoms with E-state index in [1.54, 1.807) is 6.08 Å². The molecule has 2 atom stereocenters. The van der Waals surface area contributed by atoms with Crippen molar-refractivity contribution in [1.29, 1.82) is 0 Å². The summed E-state index contributed by atoms with van der Waals surface area (Å²) in [6.07, 6.45) is 87.5. The molecule has 0 bridgehead atoms. The Bertz CT molecular complexity index is 1310. The van der Waals surface area contributed by atoms with Gasteiger partial charge in [-0.2, -0.15) is 0 Å². The van der Waals surface area contributed by atoms with Crippen molar-refractivity contribution in [3.05, 3.63) is 48.6 Å². The van der Waals surface area contributed by atoms with Gasteiger partial charge < -0.3 is 20.3 Å². The number of unbranched alkanes of at least 4 members (excludes halogenated alkanes) is 48. The molecule has 0 saturated carbocycles. The quantitative estimate of drug-likeness (QED) is 0.0320. The van der Waals surface area contributed by atoms with Gasteiger partial charge in [-0.15, -0.1) is 0 Å². The maximum absolute atomic E-state index is 12.5. The molecule has 3 N–H and O–H groups in total. The summed E-state index contributed by atoms with van der Waals surface area (Å²) in [5.41, 5.74) is 0. The van der Waals surface area contributed by atoms with Crippen LogP contribution in [0.25, 0.3) is 0 Å². The Hall–Kier alpha value is -2.18. The number of amides is 1. The first kappa shape index (κ1) is 75.8. The Balaban J connectivity index is 3.40. The third-order valence-corrected chi connectivity index (χ3v) is 16.1. The Morgan fingerprint density at radius 1 is 0.359 bits per heavy atom. The van der Waals surface area contributed by atoms with E-state index in [-0.39, 0.29) is 18.5 Å². The summed E-state index contributed by atoms with van der Waals surface area (Å²) in [5, 5.41) is 23.2. The zero-order valence-electron chi connectivity index (χ0n) is 52.4. The second-order valence-electron chi connectivity index (χ2n) is 23.9. The summed E-state index contributed by atoms with van der Waals surface area (Å²) in [6.45, 7) is 4.90. The molecule has 6 heteroatoms. The fraction of sp³-hybridized carbons (Fsp3) is 0.861. The highest BCUT2D eigenvalue weighted by Gasteiger charge is 2.18. The second kappa shape index (κ2) is 67.3. The van der Waals surface area contributed by atoms with Gasteiger partial charge in [-0.25, -0.2) is 0 Å². The van der Waals surface area contributed by atoms with Crippen molar-refractivity contribution in [3.8, 4) is 0 Å². The average molecular weight is 1090 g/mol. The van der Waals surface area contributed by atoms with Gasteiger partial charge in [-0.1, -0.05) is 319 Å². The number of nitrogens with one attached hydrogen (secondary N) is 1. The Morgan fingerprint density at radius 2 is 0.641 bits per heavy atom. The number of aliphatic hydroxyl groups excluding tert-OH is 2. The summed E-state index contributed by atoms with van der Waals surface area (Å²) in [7, 11) is 0. The molecule has 0 fully saturated rings. The van der Waals surface area contributed by atoms with Gasteiger partial charge >= 0.3 is 5.97 Å². The van der Waals surface area contributed by atoms with Gasteiger partial charge in [-0.3, -0.25) is 9.59 Å². The van der Waals surface area contributed by atoms with Crippen LogP contribution in [0.1, 0.15) is 373 Å². The summed E-state index contributed by atoms with van der Waals surface area (Å²) < 4.78 is 5.50. The van der Waals surface area contributed by atoms with E-state index in [0.29, 0.717) is 19.4 Å². The molecule has 458 valence electrons. The maximum Gasteiger partial charge on any atom is 0.305 e. The van der Waals surface area contributed by atoms with Crippen molar-refractivity contribution in [2.75, 3.05) is 13.2 Å². The number of aliphatic hydroxyl groups is 2. The number of carbonyl (C=O) groups is 2. The van der Waals surface area contributed by atoms with Crippen LogP contribution in [0.4, 0.5) is 0 Å². The van der Waals surface area contributed by atoms with Gasteiger partial charge in [0.25, 0.3) is 0 Å². The molecule has 0 aromatic rings. The zero-order chi connectivity index (χ0) is 56.4. The SMILES string of the molecule is CCCCC/C=C\C/C=C\CCCCCCCCCC(=O)OCCCCCCCCCCCCCC/C=C\CCCCCCCCCCCCCC(=O)NC(CO)C(O)/C=C/CCCCCCCCCCCCCCCCC. The summed E-state index contributed by atoms with van der Waals surface area (Å²) in [4.78, 5) is 24.6. The first-order valence-corrected chi connectivity index (χ1v) is 34.9. The normalized spacial score (nSPS) is 12.8. The van der Waals surface area contributed by atoms with E-state index in [0.717, 1.165) is 51.4 Å². The molecule has 6 nitrogen and oxygen atoms in total. The van der Waals surface area contributed by atoms with Crippen molar-refractivity contribution < 1.29 is 24.5 Å². The molecule has 0 aliphatic heterocycles. The third-order valence-electron chi connectivity index (χ3n) is 16.1. The Labute approximate surface area is 486 Å². The fourth-order valence-corrected chi connectivity index (χ4v) is 10.7. The van der Waals surface area contributed by atoms with Crippen LogP contribution in [0.15, 0.2) is 48.6 Å². The predicted molar refractivity (Wildman–Crippen MR) is 342 cm³/mol. The molecule has 0 radical (unpaired) electrons. The van der Waals surface area contributed by atoms with Crippen LogP contribution in [0.3, 0.4) is 0 Å². The predicted octanol–water partition coefficient (Wildman–Crippen LogP) is 22.5. The highest BCUT2D eigenvalue weighted by molar-refractivity contribution is 5.76. The minimum absolute atomic E-state index is 0.00705. The molecule has 0 aromatic carbocycles. The van der Waals surface area contributed by atoms with E-state index in [9.17, 15) is 19.8 Å². The van der Waals surface area contributed by atoms with Gasteiger partial charge in [0.05, 0.1) is 25.4 Å². The lowest BCUT2D eigenvalue weighted by Gasteiger charge is -2.20. The van der Waals surface area contributed by atoms with Gasteiger partial charge in [0.1, 0.15) is 0 Å². The molecule has 2 unspecified atom stereocenters. The van der Waals surface area contributed by atoms with Crippen molar-refractivity contribution in [3.63, 3.8) is 0 Å². The minimum atomic E-state index is -0.846. The lowest BCUT2D eigenvalue weighted by atomic mass is 10.0. The van der Waals surface area contributed by atoms with Gasteiger partial charge in [0, 0.05) is 12.8 Å². The van der Waals surface area contributed by atoms with Gasteiger partial charge in [0.15, 0.2) is 0 Å². The van der Waals surface area contributed by atoms with Crippen LogP contribution in [0.5, 0.6) is 0 Å². The first-order chi connectivity index (χ1) is 38.5. The molecular weight excluding hydrogens is 959 g/mol. The summed E-state index contributed by atoms with van der Waals surface area (Å²) in [5.74, 6) is -0.0597. The number of ether oxygens (including phenoxy) is 1. The largest absolute Gasteiger partial charge is 0.466 e. The molecule has 0 aliphatic carbocycles. The molecule has 0 aliphatic rings. The van der Waals surface area contributed by atoms with Gasteiger partial charge in [0.2, 0.25) is 5.91 Å². The van der Waals surface area contributed by atoms with Crippen LogP contribution in [0, 0.1) is 0 Å². The summed E-state index contributed by atoms with van der Waals surface area (Å²) >= 11 is 0. The average Bonchev–Trinajstić information content (AvgIpc) is 3.44. The van der Waals surface area contributed by atoms with E-state index in [1.165, 1.54) is 295 Å². The number of hydrogen-bond donors (Lipinski definition) is 3. The monoisotopic (exact) mass is 1090 g/mol. The number of hydrogen-bond acceptors (Lipinski definition) is 5. The Kier molecular flexibility index (Phi) is 65.4. The van der Waals surface area contributed by atoms with E-state index in [2.05, 4.69) is 55.6 Å². The Morgan fingerprint density at radius 3 is 1.01 bits per heavy atom. The van der Waals surface area contributed by atoms with Crippen molar-refractivity contribution in [2.45, 2.75) is 386 Å². The first-order valence-electron chi connectivity index (χ1n) is 34.9. The smallest absolute Gasteiger partial charge is 0.305 e. The van der Waals surface area contributed by atoms with Crippen LogP contribution < -0.4 is 5.32 Å². The maximum atomic E-state index is 12.5. The minimum Gasteiger partial charge on any atom is -0.466 e. The second-order valence-corrected chi connectivity index (χ2v) is 23.9. The molecular formula is C72H135NO5. The van der Waals surface area contributed by atoms with E-state index in [1.807, 2.05) is 6.08 Å². The van der Waals surface area contributed by atoms with E-state index in [4.69, 9.17) is 4.74 Å². The molecule has 0 spiro atoms. The molecule has 0 heterocycles. The van der Waals surface area contributed by atoms with Crippen LogP contribution in [-0.4, -0.2) is 47.4 Å². The fourth-order valence-electron chi connectivity index (χ4n) is 10.7. The lowest BCUT2D eigenvalue weighted by Crippen LogP contribution is -2.45. The molecule has 78 heavy (non-hydrogen) atoms. The van der Waals surface area contributed by atoms with Crippen molar-refractivity contribution in [1.82, 2.24) is 5.32 Å². The van der Waals surface area contributed by atoms with E-state index < -0.39 is 12.1 Å². The zero-order valence-corrected chi connectivity index (χ0v) is 52.4. The van der Waals surface area contributed by atoms with Crippen LogP contribution in [-0.2, 0) is 14.3 Å². The topological polar surface area (TPSA) is 95.9 Å². The molecule has 0 aromatic heterocycles. The lowest BCUT2D eigenvalue weighted by molar-refractivity contribution is -0.143. The van der Waals surface area contributed by atoms with Crippen LogP contribution in [0.2, 0.25) is 0 Å². The number of carbonyl (C=O) groups excluding carboxylic acids is 2. The molecule has 0 saturated heterocycles. The highest BCUT2D eigenvalue weighted by Crippen LogP contribution is 2.18. The molecule has 1 amide bonds. The highest BCUT2D eigenvalue weighted by atomic mass is 16.5.